The van der Waals surface area contributed by atoms with Crippen LogP contribution in [0.2, 0.25) is 0 Å². The third-order valence-corrected chi connectivity index (χ3v) is 4.21. The Morgan fingerprint density at radius 2 is 1.77 bits per heavy atom. The van der Waals surface area contributed by atoms with Crippen LogP contribution in [0.15, 0.2) is 48.5 Å². The molecule has 3 rings (SSSR count). The lowest BCUT2D eigenvalue weighted by Crippen LogP contribution is -2.11. The number of carbonyl (C=O) groups is 1. The number of nitrogens with zero attached hydrogens (tertiary/aromatic N) is 2. The van der Waals surface area contributed by atoms with Crippen LogP contribution in [0.5, 0.6) is 11.5 Å². The number of anilines is 1. The molecule has 6 nitrogen and oxygen atoms in total. The van der Waals surface area contributed by atoms with Crippen molar-refractivity contribution in [2.45, 2.75) is 13.3 Å². The molecule has 3 aromatic rings. The van der Waals surface area contributed by atoms with Gasteiger partial charge in [-0.2, -0.15) is 9.36 Å². The van der Waals surface area contributed by atoms with Crippen LogP contribution in [0.1, 0.15) is 23.7 Å². The molecule has 0 aliphatic carbocycles. The zero-order chi connectivity index (χ0) is 18.4. The predicted molar refractivity (Wildman–Crippen MR) is 102 cm³/mol. The van der Waals surface area contributed by atoms with Crippen LogP contribution in [0.4, 0.5) is 5.13 Å². The average molecular weight is 369 g/mol. The van der Waals surface area contributed by atoms with Gasteiger partial charge in [0.2, 0.25) is 5.13 Å². The van der Waals surface area contributed by atoms with Gasteiger partial charge in [0, 0.05) is 22.7 Å². The zero-order valence-electron chi connectivity index (χ0n) is 14.6. The molecule has 0 saturated heterocycles. The maximum absolute atomic E-state index is 12.3. The molecular formula is C19H19N3O3S. The molecule has 1 aromatic heterocycles. The van der Waals surface area contributed by atoms with E-state index in [-0.39, 0.29) is 5.91 Å². The fourth-order valence-electron chi connectivity index (χ4n) is 2.22. The van der Waals surface area contributed by atoms with E-state index in [1.807, 2.05) is 31.2 Å². The van der Waals surface area contributed by atoms with Crippen molar-refractivity contribution < 1.29 is 14.3 Å². The Balaban J connectivity index is 1.65. The van der Waals surface area contributed by atoms with Crippen molar-refractivity contribution in [3.63, 3.8) is 0 Å². The van der Waals surface area contributed by atoms with Crippen molar-refractivity contribution >= 4 is 22.6 Å². The molecule has 1 amide bonds. The van der Waals surface area contributed by atoms with Gasteiger partial charge in [0.05, 0.1) is 13.7 Å². The number of methoxy groups -OCH3 is 1. The lowest BCUT2D eigenvalue weighted by Gasteiger charge is -2.05. The molecule has 0 spiro atoms. The van der Waals surface area contributed by atoms with E-state index in [0.29, 0.717) is 23.1 Å². The highest BCUT2D eigenvalue weighted by Crippen LogP contribution is 2.23. The van der Waals surface area contributed by atoms with Crippen LogP contribution in [-0.2, 0) is 0 Å². The van der Waals surface area contributed by atoms with Crippen LogP contribution in [-0.4, -0.2) is 29.0 Å². The van der Waals surface area contributed by atoms with Gasteiger partial charge < -0.3 is 9.47 Å². The van der Waals surface area contributed by atoms with Crippen LogP contribution in [0.3, 0.4) is 0 Å². The Morgan fingerprint density at radius 1 is 1.08 bits per heavy atom. The van der Waals surface area contributed by atoms with Gasteiger partial charge in [-0.1, -0.05) is 6.92 Å². The minimum absolute atomic E-state index is 0.232. The van der Waals surface area contributed by atoms with Crippen LogP contribution >= 0.6 is 11.5 Å². The standard InChI is InChI=1S/C19H19N3O3S/c1-3-12-25-16-10-6-14(7-11-16)18(23)21-19-20-17(22-26-19)13-4-8-15(24-2)9-5-13/h4-11H,3,12H2,1-2H3,(H,20,21,22,23). The Labute approximate surface area is 156 Å². The van der Waals surface area contributed by atoms with Gasteiger partial charge in [-0.25, -0.2) is 0 Å². The Hall–Kier alpha value is -2.93. The summed E-state index contributed by atoms with van der Waals surface area (Å²) in [5, 5.41) is 3.23. The van der Waals surface area contributed by atoms with Gasteiger partial charge in [0.25, 0.3) is 5.91 Å². The molecule has 0 aliphatic rings. The lowest BCUT2D eigenvalue weighted by atomic mass is 10.2. The second kappa shape index (κ2) is 8.44. The lowest BCUT2D eigenvalue weighted by molar-refractivity contribution is 0.102. The number of aromatic nitrogens is 2. The van der Waals surface area contributed by atoms with Crippen molar-refractivity contribution in [1.29, 1.82) is 0 Å². The fraction of sp³-hybridized carbons (Fsp3) is 0.211. The highest BCUT2D eigenvalue weighted by molar-refractivity contribution is 7.10. The fourth-order valence-corrected chi connectivity index (χ4v) is 2.81. The van der Waals surface area contributed by atoms with E-state index in [2.05, 4.69) is 14.7 Å². The van der Waals surface area contributed by atoms with E-state index in [0.717, 1.165) is 35.0 Å². The zero-order valence-corrected chi connectivity index (χ0v) is 15.4. The van der Waals surface area contributed by atoms with Gasteiger partial charge in [-0.05, 0) is 55.0 Å². The molecule has 1 N–H and O–H groups in total. The largest absolute Gasteiger partial charge is 0.497 e. The third kappa shape index (κ3) is 4.37. The molecule has 26 heavy (non-hydrogen) atoms. The van der Waals surface area contributed by atoms with Crippen molar-refractivity contribution in [3.8, 4) is 22.9 Å². The maximum Gasteiger partial charge on any atom is 0.257 e. The maximum atomic E-state index is 12.3. The summed E-state index contributed by atoms with van der Waals surface area (Å²) in [6, 6.07) is 14.5. The Morgan fingerprint density at radius 3 is 2.42 bits per heavy atom. The summed E-state index contributed by atoms with van der Waals surface area (Å²) < 4.78 is 14.9. The summed E-state index contributed by atoms with van der Waals surface area (Å²) in [6.45, 7) is 2.70. The monoisotopic (exact) mass is 369 g/mol. The third-order valence-electron chi connectivity index (χ3n) is 3.58. The molecule has 0 aliphatic heterocycles. The number of hydrogen-bond donors (Lipinski definition) is 1. The Bertz CT molecular complexity index is 860. The SMILES string of the molecule is CCCOc1ccc(C(=O)Nc2nc(-c3ccc(OC)cc3)ns2)cc1. The summed E-state index contributed by atoms with van der Waals surface area (Å²) in [7, 11) is 1.62. The number of amides is 1. The molecular weight excluding hydrogens is 350 g/mol. The predicted octanol–water partition coefficient (Wildman–Crippen LogP) is 4.25. The molecule has 7 heteroatoms. The van der Waals surface area contributed by atoms with Crippen LogP contribution in [0, 0.1) is 0 Å². The number of ether oxygens (including phenoxy) is 2. The normalized spacial score (nSPS) is 10.4. The highest BCUT2D eigenvalue weighted by Gasteiger charge is 2.11. The van der Waals surface area contributed by atoms with Crippen molar-refractivity contribution in [1.82, 2.24) is 9.36 Å². The second-order valence-corrected chi connectivity index (χ2v) is 6.23. The van der Waals surface area contributed by atoms with E-state index in [9.17, 15) is 4.79 Å². The second-order valence-electron chi connectivity index (χ2n) is 5.48. The molecule has 0 bridgehead atoms. The number of nitrogens with one attached hydrogen (secondary N) is 1. The van der Waals surface area contributed by atoms with Gasteiger partial charge in [0.15, 0.2) is 5.82 Å². The van der Waals surface area contributed by atoms with E-state index >= 15 is 0 Å². The summed E-state index contributed by atoms with van der Waals surface area (Å²) in [5.41, 5.74) is 1.40. The smallest absolute Gasteiger partial charge is 0.257 e. The molecule has 1 heterocycles. The molecule has 0 saturated carbocycles. The Kier molecular flexibility index (Phi) is 5.80. The molecule has 0 radical (unpaired) electrons. The van der Waals surface area contributed by atoms with Gasteiger partial charge in [0.1, 0.15) is 11.5 Å². The molecule has 0 fully saturated rings. The van der Waals surface area contributed by atoms with Gasteiger partial charge in [-0.3, -0.25) is 10.1 Å². The summed E-state index contributed by atoms with van der Waals surface area (Å²) in [5.74, 6) is 1.85. The van der Waals surface area contributed by atoms with Crippen LogP contribution in [0.25, 0.3) is 11.4 Å². The highest BCUT2D eigenvalue weighted by atomic mass is 32.1. The van der Waals surface area contributed by atoms with Crippen molar-refractivity contribution in [2.24, 2.45) is 0 Å². The molecule has 0 unspecified atom stereocenters. The van der Waals surface area contributed by atoms with E-state index < -0.39 is 0 Å². The quantitative estimate of drug-likeness (QED) is 0.674. The summed E-state index contributed by atoms with van der Waals surface area (Å²) in [6.07, 6.45) is 0.940. The summed E-state index contributed by atoms with van der Waals surface area (Å²) >= 11 is 1.14. The minimum Gasteiger partial charge on any atom is -0.497 e. The van der Waals surface area contributed by atoms with E-state index in [4.69, 9.17) is 9.47 Å². The van der Waals surface area contributed by atoms with E-state index in [1.54, 1.807) is 31.4 Å². The van der Waals surface area contributed by atoms with Gasteiger partial charge in [-0.15, -0.1) is 0 Å². The van der Waals surface area contributed by atoms with Crippen molar-refractivity contribution in [2.75, 3.05) is 19.0 Å². The first-order valence-corrected chi connectivity index (χ1v) is 8.99. The average Bonchev–Trinajstić information content (AvgIpc) is 3.15. The summed E-state index contributed by atoms with van der Waals surface area (Å²) in [4.78, 5) is 16.7. The molecule has 2 aromatic carbocycles. The van der Waals surface area contributed by atoms with Crippen molar-refractivity contribution in [3.05, 3.63) is 54.1 Å². The first kappa shape index (κ1) is 17.9. The first-order valence-electron chi connectivity index (χ1n) is 8.22. The number of rotatable bonds is 7. The first-order chi connectivity index (χ1) is 12.7. The molecule has 134 valence electrons. The number of benzene rings is 2. The van der Waals surface area contributed by atoms with E-state index in [1.165, 1.54) is 0 Å². The van der Waals surface area contributed by atoms with Crippen LogP contribution < -0.4 is 14.8 Å². The minimum atomic E-state index is -0.232. The molecule has 0 atom stereocenters. The topological polar surface area (TPSA) is 73.3 Å². The van der Waals surface area contributed by atoms with Gasteiger partial charge >= 0.3 is 0 Å². The number of carbonyl (C=O) groups excluding carboxylic acids is 1. The number of hydrogen-bond acceptors (Lipinski definition) is 6.